The molecule has 0 saturated carbocycles. The monoisotopic (exact) mass is 363 g/mol. The molecule has 0 radical (unpaired) electrons. The van der Waals surface area contributed by atoms with Crippen LogP contribution in [0, 0.1) is 19.8 Å². The molecule has 27 heavy (non-hydrogen) atoms. The van der Waals surface area contributed by atoms with Crippen LogP contribution in [0.25, 0.3) is 5.65 Å². The number of aryl methyl sites for hydroxylation is 2. The molecule has 0 N–H and O–H groups in total. The van der Waals surface area contributed by atoms with Gasteiger partial charge in [-0.2, -0.15) is 5.10 Å². The van der Waals surface area contributed by atoms with E-state index in [1.807, 2.05) is 37.9 Å². The first-order valence-electron chi connectivity index (χ1n) is 9.40. The van der Waals surface area contributed by atoms with Gasteiger partial charge in [0.2, 0.25) is 0 Å². The molecule has 1 saturated heterocycles. The molecule has 140 valence electrons. The van der Waals surface area contributed by atoms with Crippen molar-refractivity contribution in [1.29, 1.82) is 0 Å². The maximum Gasteiger partial charge on any atom is 0.259 e. The van der Waals surface area contributed by atoms with Crippen LogP contribution in [0.1, 0.15) is 28.2 Å². The van der Waals surface area contributed by atoms with Gasteiger partial charge in [-0.25, -0.2) is 9.50 Å². The zero-order chi connectivity index (χ0) is 19.0. The molecule has 1 aliphatic rings. The van der Waals surface area contributed by atoms with Crippen LogP contribution in [-0.4, -0.2) is 52.1 Å². The van der Waals surface area contributed by atoms with Crippen LogP contribution in [0.3, 0.4) is 0 Å². The molecule has 1 fully saturated rings. The minimum absolute atomic E-state index is 0.0133. The number of carbonyl (C=O) groups excluding carboxylic acids is 1. The number of anilines is 1. The minimum Gasteiger partial charge on any atom is -0.371 e. The second-order valence-corrected chi connectivity index (χ2v) is 7.45. The summed E-state index contributed by atoms with van der Waals surface area (Å²) in [5.74, 6) is 0.457. The number of fused-ring (bicyclic) bond motifs is 1. The fourth-order valence-corrected chi connectivity index (χ4v) is 3.95. The van der Waals surface area contributed by atoms with Crippen LogP contribution in [0.2, 0.25) is 0 Å². The summed E-state index contributed by atoms with van der Waals surface area (Å²) in [6.45, 7) is 6.67. The van der Waals surface area contributed by atoms with Crippen molar-refractivity contribution < 1.29 is 4.79 Å². The minimum atomic E-state index is -0.0133. The number of amides is 1. The second-order valence-electron chi connectivity index (χ2n) is 7.45. The van der Waals surface area contributed by atoms with Crippen LogP contribution >= 0.6 is 0 Å². The molecule has 3 aromatic rings. The molecule has 1 aliphatic heterocycles. The molecule has 1 amide bonds. The maximum atomic E-state index is 13.0. The highest BCUT2D eigenvalue weighted by Crippen LogP contribution is 2.24. The van der Waals surface area contributed by atoms with Crippen LogP contribution in [0.15, 0.2) is 42.6 Å². The predicted octanol–water partition coefficient (Wildman–Crippen LogP) is 2.94. The number of benzene rings is 1. The van der Waals surface area contributed by atoms with E-state index in [0.717, 1.165) is 37.4 Å². The first kappa shape index (κ1) is 17.5. The SMILES string of the molecule is Cc1cc(C)n2ncc(C(=O)N(C)CC3CCN(c4ccccc4)C3)c2n1. The Morgan fingerprint density at radius 2 is 2.04 bits per heavy atom. The van der Waals surface area contributed by atoms with E-state index in [9.17, 15) is 4.79 Å². The van der Waals surface area contributed by atoms with Gasteiger partial charge in [-0.15, -0.1) is 0 Å². The summed E-state index contributed by atoms with van der Waals surface area (Å²) < 4.78 is 1.74. The summed E-state index contributed by atoms with van der Waals surface area (Å²) in [5.41, 5.74) is 4.34. The van der Waals surface area contributed by atoms with Crippen molar-refractivity contribution in [2.24, 2.45) is 5.92 Å². The standard InChI is InChI=1S/C21H25N5O/c1-15-11-16(2)26-20(23-15)19(12-22-26)21(27)24(3)13-17-9-10-25(14-17)18-7-5-4-6-8-18/h4-8,11-12,17H,9-10,13-14H2,1-3H3. The topological polar surface area (TPSA) is 53.7 Å². The quantitative estimate of drug-likeness (QED) is 0.715. The molecule has 4 rings (SSSR count). The largest absolute Gasteiger partial charge is 0.371 e. The van der Waals surface area contributed by atoms with Crippen LogP contribution in [-0.2, 0) is 0 Å². The van der Waals surface area contributed by atoms with Gasteiger partial charge in [0, 0.05) is 43.8 Å². The highest BCUT2D eigenvalue weighted by atomic mass is 16.2. The third kappa shape index (κ3) is 3.39. The Labute approximate surface area is 159 Å². The summed E-state index contributed by atoms with van der Waals surface area (Å²) in [7, 11) is 1.87. The molecular weight excluding hydrogens is 338 g/mol. The van der Waals surface area contributed by atoms with Gasteiger partial charge in [-0.3, -0.25) is 4.79 Å². The average molecular weight is 363 g/mol. The van der Waals surface area contributed by atoms with E-state index in [-0.39, 0.29) is 5.91 Å². The normalized spacial score (nSPS) is 16.9. The van der Waals surface area contributed by atoms with Crippen LogP contribution in [0.5, 0.6) is 0 Å². The zero-order valence-electron chi connectivity index (χ0n) is 16.1. The molecule has 0 spiro atoms. The molecule has 2 aromatic heterocycles. The van der Waals surface area contributed by atoms with Gasteiger partial charge >= 0.3 is 0 Å². The molecule has 1 atom stereocenters. The molecule has 1 unspecified atom stereocenters. The van der Waals surface area contributed by atoms with E-state index in [4.69, 9.17) is 0 Å². The molecular formula is C21H25N5O. The average Bonchev–Trinajstić information content (AvgIpc) is 3.29. The van der Waals surface area contributed by atoms with Crippen LogP contribution in [0.4, 0.5) is 5.69 Å². The van der Waals surface area contributed by atoms with Crippen molar-refractivity contribution in [3.05, 3.63) is 59.5 Å². The van der Waals surface area contributed by atoms with Crippen LogP contribution < -0.4 is 4.90 Å². The lowest BCUT2D eigenvalue weighted by Gasteiger charge is -2.22. The smallest absolute Gasteiger partial charge is 0.259 e. The van der Waals surface area contributed by atoms with Gasteiger partial charge in [0.15, 0.2) is 5.65 Å². The summed E-state index contributed by atoms with van der Waals surface area (Å²) in [6.07, 6.45) is 2.73. The number of aromatic nitrogens is 3. The summed E-state index contributed by atoms with van der Waals surface area (Å²) >= 11 is 0. The Morgan fingerprint density at radius 1 is 1.26 bits per heavy atom. The lowest BCUT2D eigenvalue weighted by molar-refractivity contribution is 0.0778. The van der Waals surface area contributed by atoms with E-state index in [2.05, 4.69) is 39.2 Å². The number of carbonyl (C=O) groups is 1. The second kappa shape index (κ2) is 7.02. The van der Waals surface area contributed by atoms with Gasteiger partial charge in [-0.05, 0) is 44.4 Å². The summed E-state index contributed by atoms with van der Waals surface area (Å²) in [6, 6.07) is 12.4. The van der Waals surface area contributed by atoms with Gasteiger partial charge in [-0.1, -0.05) is 18.2 Å². The van der Waals surface area contributed by atoms with Crippen molar-refractivity contribution in [3.63, 3.8) is 0 Å². The third-order valence-corrected chi connectivity index (χ3v) is 5.29. The first-order chi connectivity index (χ1) is 13.0. The van der Waals surface area contributed by atoms with Crippen molar-refractivity contribution in [3.8, 4) is 0 Å². The molecule has 0 bridgehead atoms. The maximum absolute atomic E-state index is 13.0. The van der Waals surface area contributed by atoms with Gasteiger partial charge in [0.05, 0.1) is 6.20 Å². The van der Waals surface area contributed by atoms with Crippen molar-refractivity contribution in [2.75, 3.05) is 31.6 Å². The molecule has 3 heterocycles. The highest BCUT2D eigenvalue weighted by molar-refractivity contribution is 5.99. The van der Waals surface area contributed by atoms with E-state index < -0.39 is 0 Å². The highest BCUT2D eigenvalue weighted by Gasteiger charge is 2.26. The summed E-state index contributed by atoms with van der Waals surface area (Å²) in [4.78, 5) is 21.7. The van der Waals surface area contributed by atoms with E-state index in [0.29, 0.717) is 17.1 Å². The Balaban J connectivity index is 1.46. The molecule has 6 nitrogen and oxygen atoms in total. The Kier molecular flexibility index (Phi) is 4.56. The third-order valence-electron chi connectivity index (χ3n) is 5.29. The molecule has 6 heteroatoms. The lowest BCUT2D eigenvalue weighted by Crippen LogP contribution is -2.33. The number of para-hydroxylation sites is 1. The van der Waals surface area contributed by atoms with Gasteiger partial charge < -0.3 is 9.80 Å². The Morgan fingerprint density at radius 3 is 2.81 bits per heavy atom. The van der Waals surface area contributed by atoms with E-state index >= 15 is 0 Å². The number of nitrogens with zero attached hydrogens (tertiary/aromatic N) is 5. The molecule has 1 aromatic carbocycles. The molecule has 0 aliphatic carbocycles. The summed E-state index contributed by atoms with van der Waals surface area (Å²) in [5, 5.41) is 4.34. The number of rotatable bonds is 4. The zero-order valence-corrected chi connectivity index (χ0v) is 16.1. The van der Waals surface area contributed by atoms with E-state index in [1.54, 1.807) is 10.7 Å². The van der Waals surface area contributed by atoms with Crippen molar-refractivity contribution in [2.45, 2.75) is 20.3 Å². The Hall–Kier alpha value is -2.89. The van der Waals surface area contributed by atoms with Crippen molar-refractivity contribution >= 4 is 17.2 Å². The number of hydrogen-bond donors (Lipinski definition) is 0. The fraction of sp³-hybridized carbons (Fsp3) is 0.381. The van der Waals surface area contributed by atoms with E-state index in [1.165, 1.54) is 5.69 Å². The van der Waals surface area contributed by atoms with Gasteiger partial charge in [0.1, 0.15) is 5.56 Å². The lowest BCUT2D eigenvalue weighted by atomic mass is 10.1. The predicted molar refractivity (Wildman–Crippen MR) is 106 cm³/mol. The first-order valence-corrected chi connectivity index (χ1v) is 9.40. The Bertz CT molecular complexity index is 965. The van der Waals surface area contributed by atoms with Crippen molar-refractivity contribution in [1.82, 2.24) is 19.5 Å². The number of hydrogen-bond acceptors (Lipinski definition) is 4. The van der Waals surface area contributed by atoms with Gasteiger partial charge in [0.25, 0.3) is 5.91 Å². The fourth-order valence-electron chi connectivity index (χ4n) is 3.95.